The Hall–Kier alpha value is -2.02. The quantitative estimate of drug-likeness (QED) is 0.369. The van der Waals surface area contributed by atoms with Crippen LogP contribution in [0.25, 0.3) is 11.1 Å². The Bertz CT molecular complexity index is 711. The molecule has 26 heavy (non-hydrogen) atoms. The third-order valence-corrected chi connectivity index (χ3v) is 5.48. The van der Waals surface area contributed by atoms with E-state index in [4.69, 9.17) is 4.74 Å². The van der Waals surface area contributed by atoms with Crippen LogP contribution in [-0.4, -0.2) is 6.61 Å². The number of ether oxygens (including phenoxy) is 1. The van der Waals surface area contributed by atoms with E-state index in [0.29, 0.717) is 0 Å². The number of rotatable bonds is 8. The van der Waals surface area contributed by atoms with E-state index in [2.05, 4.69) is 61.5 Å². The van der Waals surface area contributed by atoms with Gasteiger partial charge in [0.05, 0.1) is 6.61 Å². The minimum absolute atomic E-state index is 0.738. The summed E-state index contributed by atoms with van der Waals surface area (Å²) in [5.74, 6) is 1.85. The summed E-state index contributed by atoms with van der Waals surface area (Å²) >= 11 is 0. The van der Waals surface area contributed by atoms with Crippen molar-refractivity contribution >= 4 is 0 Å². The second-order valence-electron chi connectivity index (χ2n) is 7.47. The first-order valence-corrected chi connectivity index (χ1v) is 10.3. The average Bonchev–Trinajstić information content (AvgIpc) is 2.69. The maximum atomic E-state index is 5.78. The molecule has 1 aliphatic rings. The lowest BCUT2D eigenvalue weighted by atomic mass is 9.80. The van der Waals surface area contributed by atoms with Gasteiger partial charge in [-0.25, -0.2) is 0 Å². The summed E-state index contributed by atoms with van der Waals surface area (Å²) in [6.07, 6.45) is 13.1. The third-order valence-electron chi connectivity index (χ3n) is 5.48. The Balaban J connectivity index is 1.63. The van der Waals surface area contributed by atoms with Crippen molar-refractivity contribution in [3.05, 3.63) is 65.7 Å². The maximum absolute atomic E-state index is 5.78. The average molecular weight is 349 g/mol. The summed E-state index contributed by atoms with van der Waals surface area (Å²) in [6, 6.07) is 15.6. The topological polar surface area (TPSA) is 9.23 Å². The molecule has 2 aromatic carbocycles. The molecule has 0 N–H and O–H groups in total. The van der Waals surface area contributed by atoms with Gasteiger partial charge in [-0.15, -0.1) is 0 Å². The standard InChI is InChI=1S/C25H32O/c1-3-5-7-17-26-25-15-13-21(14-16-25)23-12-11-22-18-20(8-6-4-2)9-10-24(22)19-23/h3,5,11-16,19-20H,4,6-10,17-18H2,1-2H3/b5-3+. The second kappa shape index (κ2) is 9.62. The molecule has 0 radical (unpaired) electrons. The zero-order chi connectivity index (χ0) is 18.2. The molecule has 0 amide bonds. The van der Waals surface area contributed by atoms with E-state index < -0.39 is 0 Å². The molecule has 0 aromatic heterocycles. The van der Waals surface area contributed by atoms with Crippen molar-refractivity contribution in [2.45, 2.75) is 58.8 Å². The van der Waals surface area contributed by atoms with Crippen LogP contribution in [0.4, 0.5) is 0 Å². The van der Waals surface area contributed by atoms with Gasteiger partial charge in [-0.05, 0) is 72.9 Å². The fourth-order valence-corrected chi connectivity index (χ4v) is 3.90. The summed E-state index contributed by atoms with van der Waals surface area (Å²) < 4.78 is 5.78. The number of allylic oxidation sites excluding steroid dienone is 1. The molecule has 0 aliphatic heterocycles. The minimum atomic E-state index is 0.738. The van der Waals surface area contributed by atoms with E-state index in [1.54, 1.807) is 11.1 Å². The molecule has 0 saturated heterocycles. The van der Waals surface area contributed by atoms with E-state index >= 15 is 0 Å². The summed E-state index contributed by atoms with van der Waals surface area (Å²) in [6.45, 7) is 5.07. The lowest BCUT2D eigenvalue weighted by Gasteiger charge is -2.25. The van der Waals surface area contributed by atoms with Crippen LogP contribution in [-0.2, 0) is 12.8 Å². The van der Waals surface area contributed by atoms with Gasteiger partial charge >= 0.3 is 0 Å². The van der Waals surface area contributed by atoms with Crippen LogP contribution < -0.4 is 4.74 Å². The largest absolute Gasteiger partial charge is 0.493 e. The number of hydrogen-bond donors (Lipinski definition) is 0. The summed E-state index contributed by atoms with van der Waals surface area (Å²) in [5, 5.41) is 0. The summed E-state index contributed by atoms with van der Waals surface area (Å²) in [4.78, 5) is 0. The smallest absolute Gasteiger partial charge is 0.119 e. The van der Waals surface area contributed by atoms with Gasteiger partial charge in [0.15, 0.2) is 0 Å². The summed E-state index contributed by atoms with van der Waals surface area (Å²) in [7, 11) is 0. The van der Waals surface area contributed by atoms with E-state index in [1.807, 2.05) is 6.92 Å². The first kappa shape index (κ1) is 18.8. The van der Waals surface area contributed by atoms with Crippen molar-refractivity contribution < 1.29 is 4.74 Å². The Kier molecular flexibility index (Phi) is 6.94. The Labute approximate surface area is 159 Å². The van der Waals surface area contributed by atoms with Gasteiger partial charge < -0.3 is 4.74 Å². The molecule has 1 unspecified atom stereocenters. The predicted octanol–water partition coefficient (Wildman–Crippen LogP) is 6.99. The first-order chi connectivity index (χ1) is 12.8. The molecule has 0 spiro atoms. The lowest BCUT2D eigenvalue weighted by Crippen LogP contribution is -2.14. The van der Waals surface area contributed by atoms with Crippen LogP contribution in [0.1, 0.15) is 57.1 Å². The molecule has 3 rings (SSSR count). The zero-order valence-electron chi connectivity index (χ0n) is 16.3. The van der Waals surface area contributed by atoms with Crippen LogP contribution in [0.15, 0.2) is 54.6 Å². The maximum Gasteiger partial charge on any atom is 0.119 e. The van der Waals surface area contributed by atoms with Gasteiger partial charge in [-0.2, -0.15) is 0 Å². The van der Waals surface area contributed by atoms with Crippen molar-refractivity contribution in [2.24, 2.45) is 5.92 Å². The van der Waals surface area contributed by atoms with Crippen molar-refractivity contribution in [3.63, 3.8) is 0 Å². The van der Waals surface area contributed by atoms with Crippen molar-refractivity contribution in [1.82, 2.24) is 0 Å². The van der Waals surface area contributed by atoms with Crippen molar-refractivity contribution in [3.8, 4) is 16.9 Å². The second-order valence-corrected chi connectivity index (χ2v) is 7.47. The normalized spacial score (nSPS) is 16.6. The fraction of sp³-hybridized carbons (Fsp3) is 0.440. The fourth-order valence-electron chi connectivity index (χ4n) is 3.90. The monoisotopic (exact) mass is 348 g/mol. The highest BCUT2D eigenvalue weighted by Gasteiger charge is 2.18. The molecule has 0 heterocycles. The number of hydrogen-bond acceptors (Lipinski definition) is 1. The third kappa shape index (κ3) is 5.00. The molecule has 0 fully saturated rings. The first-order valence-electron chi connectivity index (χ1n) is 10.3. The van der Waals surface area contributed by atoms with E-state index in [1.165, 1.54) is 49.7 Å². The van der Waals surface area contributed by atoms with Crippen molar-refractivity contribution in [1.29, 1.82) is 0 Å². The van der Waals surface area contributed by atoms with E-state index in [9.17, 15) is 0 Å². The Morgan fingerprint density at radius 1 is 1.04 bits per heavy atom. The van der Waals surface area contributed by atoms with Crippen LogP contribution >= 0.6 is 0 Å². The summed E-state index contributed by atoms with van der Waals surface area (Å²) in [5.41, 5.74) is 5.74. The van der Waals surface area contributed by atoms with Crippen LogP contribution in [0.5, 0.6) is 5.75 Å². The highest BCUT2D eigenvalue weighted by atomic mass is 16.5. The molecular formula is C25H32O. The van der Waals surface area contributed by atoms with E-state index in [0.717, 1.165) is 24.7 Å². The Morgan fingerprint density at radius 3 is 2.62 bits per heavy atom. The molecule has 1 nitrogen and oxygen atoms in total. The molecule has 1 atom stereocenters. The van der Waals surface area contributed by atoms with Gasteiger partial charge in [0.1, 0.15) is 5.75 Å². The molecule has 0 bridgehead atoms. The highest BCUT2D eigenvalue weighted by Crippen LogP contribution is 2.32. The van der Waals surface area contributed by atoms with Gasteiger partial charge in [0, 0.05) is 0 Å². The Morgan fingerprint density at radius 2 is 1.85 bits per heavy atom. The van der Waals surface area contributed by atoms with E-state index in [-0.39, 0.29) is 0 Å². The number of fused-ring (bicyclic) bond motifs is 1. The van der Waals surface area contributed by atoms with Gasteiger partial charge in [-0.3, -0.25) is 0 Å². The van der Waals surface area contributed by atoms with Gasteiger partial charge in [-0.1, -0.05) is 68.7 Å². The SMILES string of the molecule is C/C=C/CCOc1ccc(-c2ccc3c(c2)CCC(CCCC)C3)cc1. The van der Waals surface area contributed by atoms with Crippen LogP contribution in [0.2, 0.25) is 0 Å². The van der Waals surface area contributed by atoms with Crippen LogP contribution in [0.3, 0.4) is 0 Å². The zero-order valence-corrected chi connectivity index (χ0v) is 16.3. The lowest BCUT2D eigenvalue weighted by molar-refractivity contribution is 0.325. The molecule has 2 aromatic rings. The molecule has 0 saturated carbocycles. The predicted molar refractivity (Wildman–Crippen MR) is 112 cm³/mol. The van der Waals surface area contributed by atoms with Gasteiger partial charge in [0.2, 0.25) is 0 Å². The molecule has 1 heteroatoms. The molecular weight excluding hydrogens is 316 g/mol. The minimum Gasteiger partial charge on any atom is -0.493 e. The van der Waals surface area contributed by atoms with Crippen LogP contribution in [0, 0.1) is 5.92 Å². The number of unbranched alkanes of at least 4 members (excludes halogenated alkanes) is 1. The molecule has 1 aliphatic carbocycles. The van der Waals surface area contributed by atoms with Crippen molar-refractivity contribution in [2.75, 3.05) is 6.61 Å². The number of aryl methyl sites for hydroxylation is 1. The van der Waals surface area contributed by atoms with Gasteiger partial charge in [0.25, 0.3) is 0 Å². The highest BCUT2D eigenvalue weighted by molar-refractivity contribution is 5.66. The molecule has 138 valence electrons. The number of benzene rings is 2.